The van der Waals surface area contributed by atoms with E-state index in [9.17, 15) is 4.79 Å². The summed E-state index contributed by atoms with van der Waals surface area (Å²) in [6.45, 7) is 3.36. The molecular weight excluding hydrogens is 188 g/mol. The van der Waals surface area contributed by atoms with Gasteiger partial charge in [-0.05, 0) is 32.1 Å². The fourth-order valence-corrected chi connectivity index (χ4v) is 0.956. The number of hydrogen-bond acceptors (Lipinski definition) is 2. The minimum atomic E-state index is 0.662. The second kappa shape index (κ2) is 10.7. The fraction of sp³-hybridized carbons (Fsp3) is 0.417. The zero-order valence-electron chi connectivity index (χ0n) is 9.49. The van der Waals surface area contributed by atoms with E-state index in [0.29, 0.717) is 6.41 Å². The van der Waals surface area contributed by atoms with Crippen LogP contribution in [0.15, 0.2) is 30.3 Å². The van der Waals surface area contributed by atoms with Crippen molar-refractivity contribution in [3.8, 4) is 0 Å². The second-order valence-electron chi connectivity index (χ2n) is 3.09. The maximum Gasteiger partial charge on any atom is 0.211 e. The lowest BCUT2D eigenvalue weighted by Gasteiger charge is -1.93. The maximum absolute atomic E-state index is 9.86. The summed E-state index contributed by atoms with van der Waals surface area (Å²) in [7, 11) is 1.98. The molecule has 3 nitrogen and oxygen atoms in total. The molecule has 1 rings (SSSR count). The Morgan fingerprint density at radius 2 is 1.93 bits per heavy atom. The molecule has 0 fully saturated rings. The van der Waals surface area contributed by atoms with Crippen molar-refractivity contribution >= 4 is 12.1 Å². The highest BCUT2D eigenvalue weighted by molar-refractivity contribution is 5.70. The van der Waals surface area contributed by atoms with Gasteiger partial charge in [-0.2, -0.15) is 0 Å². The van der Waals surface area contributed by atoms with Crippen molar-refractivity contribution in [3.63, 3.8) is 0 Å². The van der Waals surface area contributed by atoms with Crippen molar-refractivity contribution in [1.29, 1.82) is 0 Å². The van der Waals surface area contributed by atoms with Gasteiger partial charge in [0.2, 0.25) is 6.41 Å². The third kappa shape index (κ3) is 8.97. The fourth-order valence-electron chi connectivity index (χ4n) is 0.956. The van der Waals surface area contributed by atoms with E-state index < -0.39 is 0 Å². The molecule has 0 spiro atoms. The average molecular weight is 208 g/mol. The quantitative estimate of drug-likeness (QED) is 0.575. The molecule has 15 heavy (non-hydrogen) atoms. The third-order valence-electron chi connectivity index (χ3n) is 1.78. The molecular formula is C12H20N2O. The summed E-state index contributed by atoms with van der Waals surface area (Å²) in [5, 5.41) is 5.60. The van der Waals surface area contributed by atoms with Crippen LogP contribution in [0.5, 0.6) is 0 Å². The van der Waals surface area contributed by atoms with Crippen molar-refractivity contribution in [1.82, 2.24) is 5.32 Å². The maximum atomic E-state index is 9.86. The Kier molecular flexibility index (Phi) is 9.76. The van der Waals surface area contributed by atoms with Crippen LogP contribution in [0.25, 0.3) is 0 Å². The Balaban J connectivity index is 0.000000288. The Morgan fingerprint density at radius 1 is 1.27 bits per heavy atom. The van der Waals surface area contributed by atoms with E-state index >= 15 is 0 Å². The summed E-state index contributed by atoms with van der Waals surface area (Å²) >= 11 is 0. The molecule has 0 saturated heterocycles. The molecule has 0 atom stereocenters. The molecule has 0 aliphatic rings. The summed E-state index contributed by atoms with van der Waals surface area (Å²) in [5.41, 5.74) is 0.826. The molecule has 0 bridgehead atoms. The average Bonchev–Trinajstić information content (AvgIpc) is 2.29. The second-order valence-corrected chi connectivity index (χ2v) is 3.09. The van der Waals surface area contributed by atoms with Gasteiger partial charge < -0.3 is 10.6 Å². The minimum absolute atomic E-state index is 0.662. The zero-order valence-corrected chi connectivity index (χ0v) is 9.49. The van der Waals surface area contributed by atoms with Gasteiger partial charge in [0.25, 0.3) is 0 Å². The highest BCUT2D eigenvalue weighted by atomic mass is 16.1. The smallest absolute Gasteiger partial charge is 0.211 e. The molecule has 2 N–H and O–H groups in total. The minimum Gasteiger partial charge on any atom is -0.329 e. The Hall–Kier alpha value is -1.35. The molecule has 0 radical (unpaired) electrons. The summed E-state index contributed by atoms with van der Waals surface area (Å²) in [5.74, 6) is 0. The molecule has 0 aliphatic carbocycles. The molecule has 1 aromatic carbocycles. The number of anilines is 1. The van der Waals surface area contributed by atoms with Crippen molar-refractivity contribution in [2.24, 2.45) is 0 Å². The van der Waals surface area contributed by atoms with Crippen LogP contribution in [-0.4, -0.2) is 20.0 Å². The van der Waals surface area contributed by atoms with Gasteiger partial charge in [-0.3, -0.25) is 4.79 Å². The van der Waals surface area contributed by atoms with E-state index in [-0.39, 0.29) is 0 Å². The summed E-state index contributed by atoms with van der Waals surface area (Å²) in [4.78, 5) is 9.86. The van der Waals surface area contributed by atoms with Crippen molar-refractivity contribution in [2.45, 2.75) is 19.8 Å². The number of hydrogen-bond donors (Lipinski definition) is 2. The van der Waals surface area contributed by atoms with Gasteiger partial charge in [0.05, 0.1) is 0 Å². The number of para-hydroxylation sites is 1. The lowest BCUT2D eigenvalue weighted by Crippen LogP contribution is -2.06. The van der Waals surface area contributed by atoms with Crippen LogP contribution < -0.4 is 10.6 Å². The Morgan fingerprint density at radius 3 is 2.33 bits per heavy atom. The monoisotopic (exact) mass is 208 g/mol. The van der Waals surface area contributed by atoms with Gasteiger partial charge in [0.15, 0.2) is 0 Å². The van der Waals surface area contributed by atoms with Gasteiger partial charge in [0.1, 0.15) is 0 Å². The first-order valence-corrected chi connectivity index (χ1v) is 5.25. The number of nitrogens with one attached hydrogen (secondary N) is 2. The molecule has 0 heterocycles. The van der Waals surface area contributed by atoms with E-state index in [1.54, 1.807) is 0 Å². The van der Waals surface area contributed by atoms with Crippen LogP contribution in [-0.2, 0) is 4.79 Å². The van der Waals surface area contributed by atoms with E-state index in [1.165, 1.54) is 12.8 Å². The molecule has 0 aliphatic heterocycles. The number of unbranched alkanes of at least 4 members (excludes halogenated alkanes) is 1. The molecule has 0 aromatic heterocycles. The summed E-state index contributed by atoms with van der Waals surface area (Å²) in [6.07, 6.45) is 3.26. The van der Waals surface area contributed by atoms with Gasteiger partial charge in [0, 0.05) is 5.69 Å². The van der Waals surface area contributed by atoms with E-state index in [0.717, 1.165) is 12.2 Å². The summed E-state index contributed by atoms with van der Waals surface area (Å²) < 4.78 is 0. The lowest BCUT2D eigenvalue weighted by molar-refractivity contribution is -0.105. The Bertz CT molecular complexity index is 233. The van der Waals surface area contributed by atoms with Crippen molar-refractivity contribution < 1.29 is 4.79 Å². The van der Waals surface area contributed by atoms with E-state index in [1.807, 2.05) is 37.4 Å². The van der Waals surface area contributed by atoms with Gasteiger partial charge in [-0.1, -0.05) is 31.5 Å². The van der Waals surface area contributed by atoms with Gasteiger partial charge in [-0.25, -0.2) is 0 Å². The molecule has 0 saturated carbocycles. The standard InChI is InChI=1S/C7H7NO.C5H13N/c9-6-8-7-4-2-1-3-5-7;1-3-4-5-6-2/h1-6H,(H,8,9);6H,3-5H2,1-2H3. The van der Waals surface area contributed by atoms with Gasteiger partial charge in [-0.15, -0.1) is 0 Å². The normalized spacial score (nSPS) is 8.67. The number of amides is 1. The van der Waals surface area contributed by atoms with Crippen molar-refractivity contribution in [2.75, 3.05) is 18.9 Å². The summed E-state index contributed by atoms with van der Waals surface area (Å²) in [6, 6.07) is 9.29. The Labute approximate surface area is 91.9 Å². The highest BCUT2D eigenvalue weighted by Crippen LogP contribution is 2.01. The molecule has 84 valence electrons. The first-order valence-electron chi connectivity index (χ1n) is 5.25. The van der Waals surface area contributed by atoms with Gasteiger partial charge >= 0.3 is 0 Å². The zero-order chi connectivity index (χ0) is 11.4. The molecule has 1 aromatic rings. The highest BCUT2D eigenvalue weighted by Gasteiger charge is 1.81. The van der Waals surface area contributed by atoms with Crippen LogP contribution in [0.4, 0.5) is 5.69 Å². The predicted molar refractivity (Wildman–Crippen MR) is 65.0 cm³/mol. The van der Waals surface area contributed by atoms with Crippen LogP contribution in [0, 0.1) is 0 Å². The lowest BCUT2D eigenvalue weighted by atomic mass is 10.3. The van der Waals surface area contributed by atoms with Crippen LogP contribution in [0.2, 0.25) is 0 Å². The largest absolute Gasteiger partial charge is 0.329 e. The molecule has 3 heteroatoms. The molecule has 0 unspecified atom stereocenters. The number of rotatable bonds is 5. The third-order valence-corrected chi connectivity index (χ3v) is 1.78. The molecule has 1 amide bonds. The topological polar surface area (TPSA) is 41.1 Å². The number of benzene rings is 1. The van der Waals surface area contributed by atoms with Crippen LogP contribution in [0.1, 0.15) is 19.8 Å². The number of carbonyl (C=O) groups excluding carboxylic acids is 1. The van der Waals surface area contributed by atoms with Crippen LogP contribution >= 0.6 is 0 Å². The van der Waals surface area contributed by atoms with Crippen LogP contribution in [0.3, 0.4) is 0 Å². The number of carbonyl (C=O) groups is 1. The van der Waals surface area contributed by atoms with Crippen molar-refractivity contribution in [3.05, 3.63) is 30.3 Å². The van der Waals surface area contributed by atoms with E-state index in [2.05, 4.69) is 17.6 Å². The first kappa shape index (κ1) is 13.7. The SMILES string of the molecule is CCCCNC.O=CNc1ccccc1. The van der Waals surface area contributed by atoms with E-state index in [4.69, 9.17) is 0 Å². The predicted octanol–water partition coefficient (Wildman–Crippen LogP) is 2.26. The first-order chi connectivity index (χ1) is 7.35.